The number of pyridine rings is 1. The number of nitrogens with zero attached hydrogens (tertiary/aromatic N) is 6. The molecule has 0 N–H and O–H groups in total. The van der Waals surface area contributed by atoms with Crippen LogP contribution in [0.2, 0.25) is 0 Å². The Morgan fingerprint density at radius 1 is 1.32 bits per heavy atom. The first-order valence-electron chi connectivity index (χ1n) is 7.80. The molecule has 6 heteroatoms. The van der Waals surface area contributed by atoms with E-state index in [0.717, 1.165) is 31.0 Å². The molecular formula is C16H20N6. The van der Waals surface area contributed by atoms with E-state index in [1.165, 1.54) is 18.5 Å². The molecule has 1 fully saturated rings. The van der Waals surface area contributed by atoms with E-state index in [-0.39, 0.29) is 0 Å². The molecular weight excluding hydrogens is 276 g/mol. The van der Waals surface area contributed by atoms with Gasteiger partial charge in [-0.15, -0.1) is 0 Å². The molecule has 4 heterocycles. The Morgan fingerprint density at radius 3 is 3.09 bits per heavy atom. The Hall–Kier alpha value is -2.21. The maximum atomic E-state index is 4.76. The van der Waals surface area contributed by atoms with Crippen LogP contribution < -0.4 is 0 Å². The van der Waals surface area contributed by atoms with Crippen LogP contribution in [-0.2, 0) is 13.1 Å². The minimum atomic E-state index is 0.521. The summed E-state index contributed by atoms with van der Waals surface area (Å²) in [6.07, 6.45) is 8.02. The maximum Gasteiger partial charge on any atom is 0.137 e. The Morgan fingerprint density at radius 2 is 2.27 bits per heavy atom. The van der Waals surface area contributed by atoms with Crippen molar-refractivity contribution in [3.63, 3.8) is 0 Å². The van der Waals surface area contributed by atoms with Crippen LogP contribution in [-0.4, -0.2) is 41.6 Å². The molecule has 4 rings (SSSR count). The Bertz CT molecular complexity index is 760. The molecule has 0 unspecified atom stereocenters. The van der Waals surface area contributed by atoms with Crippen LogP contribution >= 0.6 is 0 Å². The summed E-state index contributed by atoms with van der Waals surface area (Å²) in [6, 6.07) is 6.76. The molecule has 1 saturated heterocycles. The Labute approximate surface area is 129 Å². The summed E-state index contributed by atoms with van der Waals surface area (Å²) in [5.74, 6) is 0. The first-order chi connectivity index (χ1) is 10.8. The predicted molar refractivity (Wildman–Crippen MR) is 83.4 cm³/mol. The molecule has 1 aliphatic heterocycles. The van der Waals surface area contributed by atoms with Crippen molar-refractivity contribution in [2.75, 3.05) is 6.54 Å². The van der Waals surface area contributed by atoms with Gasteiger partial charge in [-0.05, 0) is 38.4 Å². The minimum Gasteiger partial charge on any atom is -0.304 e. The van der Waals surface area contributed by atoms with E-state index in [1.54, 1.807) is 12.7 Å². The molecule has 3 aromatic rings. The molecule has 1 aliphatic rings. The van der Waals surface area contributed by atoms with Crippen molar-refractivity contribution in [3.05, 3.63) is 48.4 Å². The van der Waals surface area contributed by atoms with Gasteiger partial charge in [-0.3, -0.25) is 9.58 Å². The number of likely N-dealkylation sites (tertiary alicyclic amines) is 1. The van der Waals surface area contributed by atoms with Gasteiger partial charge in [0.15, 0.2) is 0 Å². The van der Waals surface area contributed by atoms with Crippen LogP contribution in [0.15, 0.2) is 37.1 Å². The van der Waals surface area contributed by atoms with E-state index < -0.39 is 0 Å². The van der Waals surface area contributed by atoms with Crippen molar-refractivity contribution in [3.8, 4) is 0 Å². The van der Waals surface area contributed by atoms with E-state index in [2.05, 4.69) is 50.7 Å². The van der Waals surface area contributed by atoms with Gasteiger partial charge in [0.2, 0.25) is 0 Å². The number of aryl methyl sites for hydroxylation is 1. The van der Waals surface area contributed by atoms with Gasteiger partial charge in [-0.2, -0.15) is 5.10 Å². The highest BCUT2D eigenvalue weighted by Crippen LogP contribution is 2.21. The topological polar surface area (TPSA) is 51.2 Å². The van der Waals surface area contributed by atoms with Crippen LogP contribution in [0.5, 0.6) is 0 Å². The smallest absolute Gasteiger partial charge is 0.137 e. The van der Waals surface area contributed by atoms with E-state index in [0.29, 0.717) is 6.04 Å². The number of hydrogen-bond donors (Lipinski definition) is 0. The van der Waals surface area contributed by atoms with E-state index >= 15 is 0 Å². The molecule has 1 atom stereocenters. The molecule has 0 bridgehead atoms. The van der Waals surface area contributed by atoms with Crippen molar-refractivity contribution < 1.29 is 0 Å². The van der Waals surface area contributed by atoms with Gasteiger partial charge in [0, 0.05) is 24.5 Å². The lowest BCUT2D eigenvalue weighted by Crippen LogP contribution is -2.32. The van der Waals surface area contributed by atoms with Gasteiger partial charge in [0.25, 0.3) is 0 Å². The molecule has 0 aromatic carbocycles. The Kier molecular flexibility index (Phi) is 3.38. The van der Waals surface area contributed by atoms with E-state index in [9.17, 15) is 0 Å². The average Bonchev–Trinajstić information content (AvgIpc) is 3.22. The van der Waals surface area contributed by atoms with Gasteiger partial charge in [-0.1, -0.05) is 6.07 Å². The SMILES string of the molecule is Cc1cccc2nc(CN3CCC[C@@H]3Cn3cncn3)cn12. The lowest BCUT2D eigenvalue weighted by Gasteiger charge is -2.23. The van der Waals surface area contributed by atoms with Crippen molar-refractivity contribution in [1.29, 1.82) is 0 Å². The fraction of sp³-hybridized carbons (Fsp3) is 0.438. The quantitative estimate of drug-likeness (QED) is 0.738. The maximum absolute atomic E-state index is 4.76. The van der Waals surface area contributed by atoms with Gasteiger partial charge in [-0.25, -0.2) is 9.97 Å². The highest BCUT2D eigenvalue weighted by atomic mass is 15.3. The molecule has 0 amide bonds. The summed E-state index contributed by atoms with van der Waals surface area (Å²) in [6.45, 7) is 5.06. The average molecular weight is 296 g/mol. The molecule has 0 radical (unpaired) electrons. The summed E-state index contributed by atoms with van der Waals surface area (Å²) >= 11 is 0. The monoisotopic (exact) mass is 296 g/mol. The van der Waals surface area contributed by atoms with Gasteiger partial charge < -0.3 is 4.40 Å². The standard InChI is InChI=1S/C16H20N6/c1-13-4-2-6-16-19-14(9-22(13)16)8-20-7-3-5-15(20)10-21-12-17-11-18-21/h2,4,6,9,11-12,15H,3,5,7-8,10H2,1H3/t15-/m1/s1. The molecule has 0 saturated carbocycles. The summed E-state index contributed by atoms with van der Waals surface area (Å²) in [5, 5.41) is 4.23. The number of rotatable bonds is 4. The Balaban J connectivity index is 1.52. The van der Waals surface area contributed by atoms with Gasteiger partial charge in [0.1, 0.15) is 18.3 Å². The van der Waals surface area contributed by atoms with Crippen LogP contribution in [0.4, 0.5) is 0 Å². The fourth-order valence-corrected chi connectivity index (χ4v) is 3.34. The first-order valence-corrected chi connectivity index (χ1v) is 7.80. The van der Waals surface area contributed by atoms with Crippen molar-refractivity contribution in [1.82, 2.24) is 29.0 Å². The molecule has 0 spiro atoms. The molecule has 6 nitrogen and oxygen atoms in total. The number of imidazole rings is 1. The zero-order chi connectivity index (χ0) is 14.9. The molecule has 114 valence electrons. The lowest BCUT2D eigenvalue weighted by molar-refractivity contribution is 0.217. The van der Waals surface area contributed by atoms with Gasteiger partial charge >= 0.3 is 0 Å². The third-order valence-corrected chi connectivity index (χ3v) is 4.47. The second-order valence-electron chi connectivity index (χ2n) is 6.01. The second kappa shape index (κ2) is 5.53. The lowest BCUT2D eigenvalue weighted by atomic mass is 10.2. The van der Waals surface area contributed by atoms with E-state index in [1.807, 2.05) is 4.68 Å². The van der Waals surface area contributed by atoms with Crippen molar-refractivity contribution in [2.45, 2.75) is 38.9 Å². The fourth-order valence-electron chi connectivity index (χ4n) is 3.34. The molecule has 3 aromatic heterocycles. The van der Waals surface area contributed by atoms with Crippen LogP contribution in [0.1, 0.15) is 24.2 Å². The summed E-state index contributed by atoms with van der Waals surface area (Å²) in [4.78, 5) is 11.3. The van der Waals surface area contributed by atoms with Crippen molar-refractivity contribution in [2.24, 2.45) is 0 Å². The normalized spacial score (nSPS) is 19.2. The number of fused-ring (bicyclic) bond motifs is 1. The second-order valence-corrected chi connectivity index (χ2v) is 6.01. The van der Waals surface area contributed by atoms with Crippen LogP contribution in [0, 0.1) is 6.92 Å². The van der Waals surface area contributed by atoms with Crippen LogP contribution in [0.25, 0.3) is 5.65 Å². The number of aromatic nitrogens is 5. The zero-order valence-electron chi connectivity index (χ0n) is 12.8. The van der Waals surface area contributed by atoms with E-state index in [4.69, 9.17) is 4.98 Å². The summed E-state index contributed by atoms with van der Waals surface area (Å²) in [7, 11) is 0. The summed E-state index contributed by atoms with van der Waals surface area (Å²) < 4.78 is 4.09. The van der Waals surface area contributed by atoms with Crippen LogP contribution in [0.3, 0.4) is 0 Å². The van der Waals surface area contributed by atoms with Crippen molar-refractivity contribution >= 4 is 5.65 Å². The predicted octanol–water partition coefficient (Wildman–Crippen LogP) is 1.90. The first kappa shape index (κ1) is 13.5. The van der Waals surface area contributed by atoms with Gasteiger partial charge in [0.05, 0.1) is 12.2 Å². The number of hydrogen-bond acceptors (Lipinski definition) is 4. The molecule has 0 aliphatic carbocycles. The zero-order valence-corrected chi connectivity index (χ0v) is 12.8. The molecule has 22 heavy (non-hydrogen) atoms. The third kappa shape index (κ3) is 2.50. The largest absolute Gasteiger partial charge is 0.304 e. The minimum absolute atomic E-state index is 0.521. The highest BCUT2D eigenvalue weighted by molar-refractivity contribution is 5.41. The highest BCUT2D eigenvalue weighted by Gasteiger charge is 2.25. The third-order valence-electron chi connectivity index (χ3n) is 4.47. The summed E-state index contributed by atoms with van der Waals surface area (Å²) in [5.41, 5.74) is 3.39.